The number of hydrogen-bond acceptors (Lipinski definition) is 4. The molecule has 27 heavy (non-hydrogen) atoms. The van der Waals surface area contributed by atoms with E-state index in [9.17, 15) is 14.4 Å². The first-order valence-electron chi connectivity index (χ1n) is 8.86. The van der Waals surface area contributed by atoms with Crippen LogP contribution in [0.15, 0.2) is 39.2 Å². The van der Waals surface area contributed by atoms with Gasteiger partial charge in [-0.05, 0) is 42.3 Å². The SMILES string of the molecule is Cc1cccc(C)c1NC(=O)Cn1c(=O)n(CC(C)C)c(=O)c2sccc21. The van der Waals surface area contributed by atoms with Crippen LogP contribution in [-0.4, -0.2) is 15.0 Å². The Morgan fingerprint density at radius 1 is 1.11 bits per heavy atom. The molecule has 7 heteroatoms. The molecule has 0 radical (unpaired) electrons. The number of thiophene rings is 1. The zero-order valence-corrected chi connectivity index (χ0v) is 16.7. The topological polar surface area (TPSA) is 73.1 Å². The van der Waals surface area contributed by atoms with E-state index in [0.717, 1.165) is 16.8 Å². The third-order valence-electron chi connectivity index (χ3n) is 4.43. The maximum Gasteiger partial charge on any atom is 0.332 e. The molecule has 0 bridgehead atoms. The van der Waals surface area contributed by atoms with Crippen molar-refractivity contribution in [2.45, 2.75) is 40.8 Å². The number of aryl methyl sites for hydroxylation is 2. The number of anilines is 1. The Labute approximate surface area is 161 Å². The van der Waals surface area contributed by atoms with Gasteiger partial charge in [0.1, 0.15) is 11.2 Å². The summed E-state index contributed by atoms with van der Waals surface area (Å²) in [5.41, 5.74) is 2.45. The number of nitrogens with zero attached hydrogens (tertiary/aromatic N) is 2. The quantitative estimate of drug-likeness (QED) is 0.733. The molecule has 0 saturated carbocycles. The second-order valence-electron chi connectivity index (χ2n) is 7.13. The van der Waals surface area contributed by atoms with E-state index in [1.165, 1.54) is 20.5 Å². The molecular formula is C20H23N3O3S. The Morgan fingerprint density at radius 2 is 1.78 bits per heavy atom. The summed E-state index contributed by atoms with van der Waals surface area (Å²) < 4.78 is 3.11. The molecule has 0 saturated heterocycles. The van der Waals surface area contributed by atoms with Crippen molar-refractivity contribution in [3.63, 3.8) is 0 Å². The van der Waals surface area contributed by atoms with Gasteiger partial charge in [-0.3, -0.25) is 18.7 Å². The van der Waals surface area contributed by atoms with E-state index in [0.29, 0.717) is 16.8 Å². The third kappa shape index (κ3) is 3.73. The van der Waals surface area contributed by atoms with Crippen LogP contribution in [0.5, 0.6) is 0 Å². The predicted octanol–water partition coefficient (Wildman–Crippen LogP) is 3.14. The number of carbonyl (C=O) groups is 1. The zero-order valence-electron chi connectivity index (χ0n) is 15.9. The maximum atomic E-state index is 12.9. The molecule has 3 aromatic rings. The predicted molar refractivity (Wildman–Crippen MR) is 110 cm³/mol. The van der Waals surface area contributed by atoms with Crippen LogP contribution in [0.25, 0.3) is 10.2 Å². The van der Waals surface area contributed by atoms with Gasteiger partial charge in [0.2, 0.25) is 5.91 Å². The Balaban J connectivity index is 2.02. The fraction of sp³-hybridized carbons (Fsp3) is 0.350. The summed E-state index contributed by atoms with van der Waals surface area (Å²) >= 11 is 1.29. The highest BCUT2D eigenvalue weighted by Gasteiger charge is 2.17. The largest absolute Gasteiger partial charge is 0.332 e. The van der Waals surface area contributed by atoms with E-state index in [4.69, 9.17) is 0 Å². The number of aromatic nitrogens is 2. The van der Waals surface area contributed by atoms with Gasteiger partial charge in [0, 0.05) is 12.2 Å². The Morgan fingerprint density at radius 3 is 2.41 bits per heavy atom. The second kappa shape index (κ2) is 7.52. The molecule has 3 rings (SSSR count). The van der Waals surface area contributed by atoms with Gasteiger partial charge < -0.3 is 5.32 Å². The zero-order chi connectivity index (χ0) is 19.7. The number of benzene rings is 1. The number of rotatable bonds is 5. The van der Waals surface area contributed by atoms with Crippen LogP contribution in [0.2, 0.25) is 0 Å². The lowest BCUT2D eigenvalue weighted by Crippen LogP contribution is -2.42. The summed E-state index contributed by atoms with van der Waals surface area (Å²) in [4.78, 5) is 38.2. The molecule has 2 aromatic heterocycles. The summed E-state index contributed by atoms with van der Waals surface area (Å²) in [6, 6.07) is 7.50. The van der Waals surface area contributed by atoms with E-state index in [-0.39, 0.29) is 23.9 Å². The van der Waals surface area contributed by atoms with Crippen molar-refractivity contribution >= 4 is 33.1 Å². The molecule has 2 heterocycles. The molecule has 0 fully saturated rings. The lowest BCUT2D eigenvalue weighted by atomic mass is 10.1. The van der Waals surface area contributed by atoms with Crippen molar-refractivity contribution in [1.29, 1.82) is 0 Å². The van der Waals surface area contributed by atoms with Gasteiger partial charge in [-0.25, -0.2) is 4.79 Å². The normalized spacial score (nSPS) is 11.3. The number of carbonyl (C=O) groups excluding carboxylic acids is 1. The smallest absolute Gasteiger partial charge is 0.324 e. The maximum absolute atomic E-state index is 12.9. The van der Waals surface area contributed by atoms with Gasteiger partial charge in [-0.15, -0.1) is 11.3 Å². The van der Waals surface area contributed by atoms with Crippen LogP contribution in [0.1, 0.15) is 25.0 Å². The molecule has 6 nitrogen and oxygen atoms in total. The van der Waals surface area contributed by atoms with Crippen molar-refractivity contribution in [3.8, 4) is 0 Å². The first-order chi connectivity index (χ1) is 12.8. The molecule has 1 amide bonds. The van der Waals surface area contributed by atoms with Crippen LogP contribution < -0.4 is 16.6 Å². The summed E-state index contributed by atoms with van der Waals surface area (Å²) in [7, 11) is 0. The van der Waals surface area contributed by atoms with Crippen LogP contribution in [-0.2, 0) is 17.9 Å². The van der Waals surface area contributed by atoms with Crippen molar-refractivity contribution in [2.75, 3.05) is 5.32 Å². The fourth-order valence-electron chi connectivity index (χ4n) is 3.15. The van der Waals surface area contributed by atoms with Crippen LogP contribution in [0.4, 0.5) is 5.69 Å². The van der Waals surface area contributed by atoms with Gasteiger partial charge in [-0.2, -0.15) is 0 Å². The molecule has 0 aliphatic rings. The van der Waals surface area contributed by atoms with Crippen LogP contribution >= 0.6 is 11.3 Å². The monoisotopic (exact) mass is 385 g/mol. The minimum atomic E-state index is -0.448. The molecule has 1 aromatic carbocycles. The highest BCUT2D eigenvalue weighted by Crippen LogP contribution is 2.20. The summed E-state index contributed by atoms with van der Waals surface area (Å²) in [6.45, 7) is 7.93. The van der Waals surface area contributed by atoms with Gasteiger partial charge in [0.25, 0.3) is 5.56 Å². The summed E-state index contributed by atoms with van der Waals surface area (Å²) in [6.07, 6.45) is 0. The Bertz CT molecular complexity index is 1100. The lowest BCUT2D eigenvalue weighted by molar-refractivity contribution is -0.116. The van der Waals surface area contributed by atoms with Crippen molar-refractivity contribution in [1.82, 2.24) is 9.13 Å². The van der Waals surface area contributed by atoms with Gasteiger partial charge in [-0.1, -0.05) is 32.0 Å². The molecule has 0 spiro atoms. The standard InChI is InChI=1S/C20H23N3O3S/c1-12(2)10-23-19(25)18-15(8-9-27-18)22(20(23)26)11-16(24)21-17-13(3)6-5-7-14(17)4/h5-9,12H,10-11H2,1-4H3,(H,21,24). The van der Waals surface area contributed by atoms with E-state index < -0.39 is 5.69 Å². The molecule has 0 aliphatic heterocycles. The molecule has 0 aliphatic carbocycles. The minimum absolute atomic E-state index is 0.141. The number of para-hydroxylation sites is 1. The van der Waals surface area contributed by atoms with Crippen LogP contribution in [0.3, 0.4) is 0 Å². The van der Waals surface area contributed by atoms with Crippen molar-refractivity contribution in [3.05, 3.63) is 61.6 Å². The molecular weight excluding hydrogens is 362 g/mol. The fourth-order valence-corrected chi connectivity index (χ4v) is 3.99. The molecule has 0 unspecified atom stereocenters. The number of fused-ring (bicyclic) bond motifs is 1. The van der Waals surface area contributed by atoms with E-state index >= 15 is 0 Å². The molecule has 142 valence electrons. The van der Waals surface area contributed by atoms with E-state index in [1.807, 2.05) is 45.9 Å². The van der Waals surface area contributed by atoms with Crippen LogP contribution in [0, 0.1) is 19.8 Å². The lowest BCUT2D eigenvalue weighted by Gasteiger charge is -2.15. The minimum Gasteiger partial charge on any atom is -0.324 e. The Kier molecular flexibility index (Phi) is 5.32. The van der Waals surface area contributed by atoms with E-state index in [2.05, 4.69) is 5.32 Å². The van der Waals surface area contributed by atoms with Gasteiger partial charge in [0.15, 0.2) is 0 Å². The highest BCUT2D eigenvalue weighted by molar-refractivity contribution is 7.17. The molecule has 0 atom stereocenters. The summed E-state index contributed by atoms with van der Waals surface area (Å²) in [5, 5.41) is 4.67. The molecule has 1 N–H and O–H groups in total. The average Bonchev–Trinajstić information content (AvgIpc) is 3.08. The number of hydrogen-bond donors (Lipinski definition) is 1. The highest BCUT2D eigenvalue weighted by atomic mass is 32.1. The number of amides is 1. The second-order valence-corrected chi connectivity index (χ2v) is 8.04. The Hall–Kier alpha value is -2.67. The average molecular weight is 385 g/mol. The van der Waals surface area contributed by atoms with E-state index in [1.54, 1.807) is 11.4 Å². The van der Waals surface area contributed by atoms with Crippen molar-refractivity contribution in [2.24, 2.45) is 5.92 Å². The van der Waals surface area contributed by atoms with Gasteiger partial charge in [0.05, 0.1) is 5.52 Å². The van der Waals surface area contributed by atoms with Gasteiger partial charge >= 0.3 is 5.69 Å². The third-order valence-corrected chi connectivity index (χ3v) is 5.32. The first kappa shape index (κ1) is 19.1. The summed E-state index contributed by atoms with van der Waals surface area (Å²) in [5.74, 6) is -0.151. The first-order valence-corrected chi connectivity index (χ1v) is 9.74. The number of nitrogens with one attached hydrogen (secondary N) is 1. The van der Waals surface area contributed by atoms with Crippen molar-refractivity contribution < 1.29 is 4.79 Å².